The summed E-state index contributed by atoms with van der Waals surface area (Å²) in [7, 11) is 0. The molecule has 6 nitrogen and oxygen atoms in total. The van der Waals surface area contributed by atoms with Crippen LogP contribution >= 0.6 is 0 Å². The first-order chi connectivity index (χ1) is 11.5. The summed E-state index contributed by atoms with van der Waals surface area (Å²) in [5.74, 6) is -0.992. The number of piperidine rings is 2. The molecule has 0 spiro atoms. The van der Waals surface area contributed by atoms with Crippen LogP contribution < -0.4 is 5.32 Å². The molecule has 138 valence electrons. The number of urea groups is 1. The van der Waals surface area contributed by atoms with Crippen LogP contribution in [0.3, 0.4) is 0 Å². The first-order valence-electron chi connectivity index (χ1n) is 9.50. The zero-order valence-electron chi connectivity index (χ0n) is 15.2. The van der Waals surface area contributed by atoms with Crippen LogP contribution in [-0.4, -0.2) is 65.7 Å². The van der Waals surface area contributed by atoms with Crippen LogP contribution in [0.15, 0.2) is 0 Å². The van der Waals surface area contributed by atoms with Crippen molar-refractivity contribution in [1.29, 1.82) is 0 Å². The SMILES string of the molecule is CCCCN1CCCCC1CNC(=O)N1CC(C)CC(C(=O)O)C1. The molecule has 6 heteroatoms. The van der Waals surface area contributed by atoms with E-state index in [0.29, 0.717) is 32.1 Å². The molecule has 0 radical (unpaired) electrons. The second-order valence-electron chi connectivity index (χ2n) is 7.51. The number of hydrogen-bond acceptors (Lipinski definition) is 3. The number of carboxylic acids is 1. The van der Waals surface area contributed by atoms with Crippen LogP contribution in [-0.2, 0) is 4.79 Å². The molecular formula is C18H33N3O3. The number of carbonyl (C=O) groups is 2. The van der Waals surface area contributed by atoms with Crippen LogP contribution in [0, 0.1) is 11.8 Å². The normalized spacial score (nSPS) is 28.6. The maximum atomic E-state index is 12.5. The van der Waals surface area contributed by atoms with Crippen molar-refractivity contribution in [2.24, 2.45) is 11.8 Å². The summed E-state index contributed by atoms with van der Waals surface area (Å²) in [5.41, 5.74) is 0. The fourth-order valence-corrected chi connectivity index (χ4v) is 3.96. The molecule has 24 heavy (non-hydrogen) atoms. The zero-order chi connectivity index (χ0) is 17.5. The highest BCUT2D eigenvalue weighted by Gasteiger charge is 2.32. The molecule has 0 aliphatic carbocycles. The lowest BCUT2D eigenvalue weighted by Gasteiger charge is -2.38. The van der Waals surface area contributed by atoms with Gasteiger partial charge in [0, 0.05) is 25.7 Å². The van der Waals surface area contributed by atoms with E-state index >= 15 is 0 Å². The molecule has 2 amide bonds. The molecule has 2 heterocycles. The van der Waals surface area contributed by atoms with E-state index in [1.54, 1.807) is 4.90 Å². The van der Waals surface area contributed by atoms with Gasteiger partial charge in [-0.05, 0) is 44.7 Å². The van der Waals surface area contributed by atoms with Crippen LogP contribution in [0.5, 0.6) is 0 Å². The van der Waals surface area contributed by atoms with Crippen molar-refractivity contribution in [2.45, 2.75) is 58.4 Å². The van der Waals surface area contributed by atoms with E-state index in [-0.39, 0.29) is 11.9 Å². The number of carbonyl (C=O) groups excluding carboxylic acids is 1. The van der Waals surface area contributed by atoms with Crippen molar-refractivity contribution < 1.29 is 14.7 Å². The second-order valence-corrected chi connectivity index (χ2v) is 7.51. The smallest absolute Gasteiger partial charge is 0.317 e. The minimum absolute atomic E-state index is 0.103. The van der Waals surface area contributed by atoms with Gasteiger partial charge in [0.1, 0.15) is 0 Å². The van der Waals surface area contributed by atoms with Crippen molar-refractivity contribution in [3.05, 3.63) is 0 Å². The number of nitrogens with one attached hydrogen (secondary N) is 1. The molecule has 3 atom stereocenters. The van der Waals surface area contributed by atoms with Crippen molar-refractivity contribution in [3.8, 4) is 0 Å². The Hall–Kier alpha value is -1.30. The zero-order valence-corrected chi connectivity index (χ0v) is 15.2. The number of carboxylic acid groups (broad SMARTS) is 1. The minimum atomic E-state index is -0.794. The lowest BCUT2D eigenvalue weighted by Crippen LogP contribution is -2.53. The molecule has 0 bridgehead atoms. The van der Waals surface area contributed by atoms with Gasteiger partial charge < -0.3 is 15.3 Å². The molecule has 2 N–H and O–H groups in total. The Morgan fingerprint density at radius 2 is 2.04 bits per heavy atom. The number of amides is 2. The van der Waals surface area contributed by atoms with Gasteiger partial charge in [-0.15, -0.1) is 0 Å². The fourth-order valence-electron chi connectivity index (χ4n) is 3.96. The Kier molecular flexibility index (Phi) is 7.34. The van der Waals surface area contributed by atoms with Crippen LogP contribution in [0.1, 0.15) is 52.4 Å². The van der Waals surface area contributed by atoms with E-state index in [1.165, 1.54) is 25.7 Å². The van der Waals surface area contributed by atoms with Gasteiger partial charge in [0.25, 0.3) is 0 Å². The molecule has 0 saturated carbocycles. The van der Waals surface area contributed by atoms with Crippen molar-refractivity contribution in [2.75, 3.05) is 32.7 Å². The summed E-state index contributed by atoms with van der Waals surface area (Å²) in [6.45, 7) is 8.11. The van der Waals surface area contributed by atoms with Crippen LogP contribution in [0.4, 0.5) is 4.79 Å². The quantitative estimate of drug-likeness (QED) is 0.779. The van der Waals surface area contributed by atoms with E-state index in [1.807, 2.05) is 6.92 Å². The number of aliphatic carboxylic acids is 1. The molecule has 2 fully saturated rings. The summed E-state index contributed by atoms with van der Waals surface area (Å²) in [5, 5.41) is 12.3. The monoisotopic (exact) mass is 339 g/mol. The summed E-state index contributed by atoms with van der Waals surface area (Å²) in [4.78, 5) is 27.9. The van der Waals surface area contributed by atoms with Gasteiger partial charge in [-0.2, -0.15) is 0 Å². The summed E-state index contributed by atoms with van der Waals surface area (Å²) in [6.07, 6.45) is 6.67. The third kappa shape index (κ3) is 5.36. The number of unbranched alkanes of at least 4 members (excludes halogenated alkanes) is 1. The van der Waals surface area contributed by atoms with Crippen LogP contribution in [0.25, 0.3) is 0 Å². The van der Waals surface area contributed by atoms with Crippen molar-refractivity contribution in [1.82, 2.24) is 15.1 Å². The lowest BCUT2D eigenvalue weighted by atomic mass is 9.91. The van der Waals surface area contributed by atoms with Crippen LogP contribution in [0.2, 0.25) is 0 Å². The highest BCUT2D eigenvalue weighted by Crippen LogP contribution is 2.22. The average molecular weight is 339 g/mol. The molecule has 2 rings (SSSR count). The summed E-state index contributed by atoms with van der Waals surface area (Å²) >= 11 is 0. The average Bonchev–Trinajstić information content (AvgIpc) is 2.57. The molecule has 2 aliphatic rings. The molecule has 3 unspecified atom stereocenters. The highest BCUT2D eigenvalue weighted by atomic mass is 16.4. The van der Waals surface area contributed by atoms with Gasteiger partial charge in [0.05, 0.1) is 5.92 Å². The van der Waals surface area contributed by atoms with Gasteiger partial charge in [-0.3, -0.25) is 9.69 Å². The van der Waals surface area contributed by atoms with Crippen molar-refractivity contribution in [3.63, 3.8) is 0 Å². The minimum Gasteiger partial charge on any atom is -0.481 e. The van der Waals surface area contributed by atoms with E-state index in [9.17, 15) is 14.7 Å². The van der Waals surface area contributed by atoms with E-state index in [0.717, 1.165) is 19.5 Å². The first kappa shape index (κ1) is 19.0. The number of hydrogen-bond donors (Lipinski definition) is 2. The predicted octanol–water partition coefficient (Wildman–Crippen LogP) is 2.39. The van der Waals surface area contributed by atoms with E-state index in [2.05, 4.69) is 17.1 Å². The van der Waals surface area contributed by atoms with Gasteiger partial charge in [-0.1, -0.05) is 26.7 Å². The Balaban J connectivity index is 1.83. The maximum absolute atomic E-state index is 12.5. The Labute approximate surface area is 145 Å². The predicted molar refractivity (Wildman–Crippen MR) is 94.0 cm³/mol. The topological polar surface area (TPSA) is 72.9 Å². The maximum Gasteiger partial charge on any atom is 0.317 e. The number of nitrogens with zero attached hydrogens (tertiary/aromatic N) is 2. The number of likely N-dealkylation sites (tertiary alicyclic amines) is 2. The summed E-state index contributed by atoms with van der Waals surface area (Å²) in [6, 6.07) is 0.320. The Bertz CT molecular complexity index is 430. The molecule has 0 aromatic carbocycles. The van der Waals surface area contributed by atoms with Crippen molar-refractivity contribution >= 4 is 12.0 Å². The molecule has 2 aliphatic heterocycles. The highest BCUT2D eigenvalue weighted by molar-refractivity contribution is 5.76. The van der Waals surface area contributed by atoms with E-state index in [4.69, 9.17) is 0 Å². The molecule has 0 aromatic heterocycles. The lowest BCUT2D eigenvalue weighted by molar-refractivity contribution is -0.143. The van der Waals surface area contributed by atoms with Gasteiger partial charge in [-0.25, -0.2) is 4.79 Å². The standard InChI is InChI=1S/C18H33N3O3/c1-3-4-8-20-9-6-5-7-16(20)11-19-18(24)21-12-14(2)10-15(13-21)17(22)23/h14-16H,3-13H2,1-2H3,(H,19,24)(H,22,23). The molecule has 2 saturated heterocycles. The Morgan fingerprint density at radius 1 is 1.25 bits per heavy atom. The summed E-state index contributed by atoms with van der Waals surface area (Å²) < 4.78 is 0. The fraction of sp³-hybridized carbons (Fsp3) is 0.889. The van der Waals surface area contributed by atoms with E-state index < -0.39 is 11.9 Å². The largest absolute Gasteiger partial charge is 0.481 e. The first-order valence-corrected chi connectivity index (χ1v) is 9.50. The third-order valence-corrected chi connectivity index (χ3v) is 5.33. The van der Waals surface area contributed by atoms with Gasteiger partial charge >= 0.3 is 12.0 Å². The molecule has 0 aromatic rings. The third-order valence-electron chi connectivity index (χ3n) is 5.33. The molecular weight excluding hydrogens is 306 g/mol. The second kappa shape index (κ2) is 9.25. The van der Waals surface area contributed by atoms with Gasteiger partial charge in [0.15, 0.2) is 0 Å². The Morgan fingerprint density at radius 3 is 2.75 bits per heavy atom. The number of rotatable bonds is 6. The van der Waals surface area contributed by atoms with Gasteiger partial charge in [0.2, 0.25) is 0 Å².